The van der Waals surface area contributed by atoms with Gasteiger partial charge < -0.3 is 5.32 Å². The van der Waals surface area contributed by atoms with Crippen molar-refractivity contribution in [2.75, 3.05) is 0 Å². The van der Waals surface area contributed by atoms with Gasteiger partial charge in [-0.3, -0.25) is 9.35 Å². The van der Waals surface area contributed by atoms with Gasteiger partial charge in [0.05, 0.1) is 0 Å². The van der Waals surface area contributed by atoms with E-state index in [-0.39, 0.29) is 6.04 Å². The summed E-state index contributed by atoms with van der Waals surface area (Å²) in [6.45, 7) is 0. The van der Waals surface area contributed by atoms with Crippen LogP contribution in [0.2, 0.25) is 0 Å². The monoisotopic (exact) mass is 207 g/mol. The van der Waals surface area contributed by atoms with Gasteiger partial charge in [0.1, 0.15) is 0 Å². The summed E-state index contributed by atoms with van der Waals surface area (Å²) in [5, 5.41) is 1.00. The van der Waals surface area contributed by atoms with E-state index < -0.39 is 15.4 Å². The largest absolute Gasteiger partial charge is 0.363 e. The van der Waals surface area contributed by atoms with Gasteiger partial charge in [-0.05, 0) is 12.8 Å². The number of nitrogens with one attached hydrogen (secondary N) is 1. The minimum Gasteiger partial charge on any atom is -0.338 e. The number of carbonyl (C=O) groups is 1. The lowest BCUT2D eigenvalue weighted by atomic mass is 9.96. The third-order valence-corrected chi connectivity index (χ3v) is 2.75. The smallest absolute Gasteiger partial charge is 0.338 e. The van der Waals surface area contributed by atoms with Crippen LogP contribution in [0.3, 0.4) is 0 Å². The van der Waals surface area contributed by atoms with Gasteiger partial charge in [0.2, 0.25) is 0 Å². The fourth-order valence-corrected chi connectivity index (χ4v) is 1.80. The van der Waals surface area contributed by atoms with E-state index in [1.165, 1.54) is 0 Å². The fourth-order valence-electron chi connectivity index (χ4n) is 1.49. The second kappa shape index (κ2) is 4.06. The van der Waals surface area contributed by atoms with Crippen molar-refractivity contribution >= 4 is 15.4 Å². The van der Waals surface area contributed by atoms with E-state index in [2.05, 4.69) is 5.32 Å². The molecular formula is C7H13NO4S. The first kappa shape index (κ1) is 10.5. The number of amides is 1. The molecule has 76 valence electrons. The third kappa shape index (κ3) is 3.31. The summed E-state index contributed by atoms with van der Waals surface area (Å²) in [7, 11) is -4.55. The minimum absolute atomic E-state index is 0.0943. The van der Waals surface area contributed by atoms with Crippen molar-refractivity contribution in [2.45, 2.75) is 38.1 Å². The molecule has 1 aliphatic rings. The maximum Gasteiger partial charge on any atom is 0.363 e. The van der Waals surface area contributed by atoms with Crippen LogP contribution in [0.1, 0.15) is 32.1 Å². The van der Waals surface area contributed by atoms with Crippen molar-refractivity contribution in [3.05, 3.63) is 0 Å². The maximum atomic E-state index is 10.8. The Hall–Kier alpha value is -0.620. The Morgan fingerprint density at radius 1 is 1.23 bits per heavy atom. The molecule has 0 aromatic heterocycles. The molecule has 0 aromatic carbocycles. The highest BCUT2D eigenvalue weighted by Crippen LogP contribution is 2.17. The van der Waals surface area contributed by atoms with Gasteiger partial charge in [-0.25, -0.2) is 0 Å². The Bertz CT molecular complexity index is 279. The fraction of sp³-hybridized carbons (Fsp3) is 0.857. The Labute approximate surface area is 77.3 Å². The van der Waals surface area contributed by atoms with E-state index in [1.54, 1.807) is 0 Å². The van der Waals surface area contributed by atoms with E-state index >= 15 is 0 Å². The summed E-state index contributed by atoms with van der Waals surface area (Å²) in [4.78, 5) is 10.8. The molecule has 0 aromatic rings. The van der Waals surface area contributed by atoms with Crippen LogP contribution in [0.25, 0.3) is 0 Å². The summed E-state index contributed by atoms with van der Waals surface area (Å²) in [5.41, 5.74) is 0. The summed E-state index contributed by atoms with van der Waals surface area (Å²) in [5.74, 6) is 0. The van der Waals surface area contributed by atoms with Crippen LogP contribution in [0.15, 0.2) is 0 Å². The van der Waals surface area contributed by atoms with E-state index in [0.29, 0.717) is 0 Å². The van der Waals surface area contributed by atoms with Crippen LogP contribution < -0.4 is 5.32 Å². The molecule has 0 atom stereocenters. The summed E-state index contributed by atoms with van der Waals surface area (Å²) in [6.07, 6.45) is 4.70. The second-order valence-corrected chi connectivity index (χ2v) is 4.56. The number of hydrogen-bond donors (Lipinski definition) is 2. The number of carbonyl (C=O) groups excluding carboxylic acids is 1. The molecule has 13 heavy (non-hydrogen) atoms. The lowest BCUT2D eigenvalue weighted by Crippen LogP contribution is -2.39. The van der Waals surface area contributed by atoms with E-state index in [9.17, 15) is 13.2 Å². The van der Waals surface area contributed by atoms with Gasteiger partial charge in [0, 0.05) is 6.04 Å². The predicted molar refractivity (Wildman–Crippen MR) is 47.0 cm³/mol. The molecule has 0 heterocycles. The van der Waals surface area contributed by atoms with Crippen molar-refractivity contribution in [1.82, 2.24) is 5.32 Å². The number of rotatable bonds is 1. The molecule has 1 rings (SSSR count). The molecule has 0 spiro atoms. The normalized spacial score (nSPS) is 19.8. The zero-order valence-electron chi connectivity index (χ0n) is 7.19. The molecule has 0 unspecified atom stereocenters. The second-order valence-electron chi connectivity index (χ2n) is 3.24. The summed E-state index contributed by atoms with van der Waals surface area (Å²) >= 11 is 0. The van der Waals surface area contributed by atoms with Crippen LogP contribution in [0, 0.1) is 0 Å². The first-order valence-electron chi connectivity index (χ1n) is 4.28. The molecule has 2 N–H and O–H groups in total. The Balaban J connectivity index is 2.44. The lowest BCUT2D eigenvalue weighted by molar-refractivity contribution is 0.248. The van der Waals surface area contributed by atoms with Crippen molar-refractivity contribution in [3.63, 3.8) is 0 Å². The molecule has 1 aliphatic carbocycles. The molecule has 0 aliphatic heterocycles. The predicted octanol–water partition coefficient (Wildman–Crippen LogP) is 0.917. The van der Waals surface area contributed by atoms with Crippen molar-refractivity contribution < 1.29 is 17.8 Å². The molecule has 1 fully saturated rings. The van der Waals surface area contributed by atoms with Crippen molar-refractivity contribution in [2.24, 2.45) is 0 Å². The first-order chi connectivity index (χ1) is 6.00. The number of hydrogen-bond acceptors (Lipinski definition) is 3. The minimum atomic E-state index is -4.55. The first-order valence-corrected chi connectivity index (χ1v) is 5.72. The molecule has 0 bridgehead atoms. The van der Waals surface area contributed by atoms with Gasteiger partial charge in [-0.15, -0.1) is 0 Å². The van der Waals surface area contributed by atoms with Gasteiger partial charge in [-0.1, -0.05) is 19.3 Å². The maximum absolute atomic E-state index is 10.8. The highest BCUT2D eigenvalue weighted by atomic mass is 32.2. The zero-order valence-corrected chi connectivity index (χ0v) is 8.01. The topological polar surface area (TPSA) is 83.5 Å². The van der Waals surface area contributed by atoms with Gasteiger partial charge >= 0.3 is 15.4 Å². The average Bonchev–Trinajstić information content (AvgIpc) is 2.04. The molecule has 5 nitrogen and oxygen atoms in total. The molecule has 1 saturated carbocycles. The van der Waals surface area contributed by atoms with E-state index in [1.807, 2.05) is 0 Å². The van der Waals surface area contributed by atoms with Crippen LogP contribution in [-0.4, -0.2) is 24.3 Å². The summed E-state index contributed by atoms with van der Waals surface area (Å²) in [6, 6.07) is -0.0943. The Kier molecular flexibility index (Phi) is 3.27. The van der Waals surface area contributed by atoms with Gasteiger partial charge in [0.15, 0.2) is 0 Å². The van der Waals surface area contributed by atoms with Crippen LogP contribution in [0.5, 0.6) is 0 Å². The summed E-state index contributed by atoms with van der Waals surface area (Å²) < 4.78 is 29.1. The SMILES string of the molecule is O=C(NC1CCCCC1)S(=O)(=O)O. The van der Waals surface area contributed by atoms with Gasteiger partial charge in [-0.2, -0.15) is 8.42 Å². The van der Waals surface area contributed by atoms with Crippen LogP contribution >= 0.6 is 0 Å². The Morgan fingerprint density at radius 2 is 1.77 bits per heavy atom. The highest BCUT2D eigenvalue weighted by molar-refractivity contribution is 8.01. The standard InChI is InChI=1S/C7H13NO4S/c9-7(13(10,11)12)8-6-4-2-1-3-5-6/h6H,1-5H2,(H,8,9)(H,10,11,12). The quantitative estimate of drug-likeness (QED) is 0.626. The van der Waals surface area contributed by atoms with Crippen LogP contribution in [-0.2, 0) is 10.1 Å². The lowest BCUT2D eigenvalue weighted by Gasteiger charge is -2.21. The Morgan fingerprint density at radius 3 is 2.23 bits per heavy atom. The molecule has 1 amide bonds. The van der Waals surface area contributed by atoms with Crippen molar-refractivity contribution in [3.8, 4) is 0 Å². The van der Waals surface area contributed by atoms with Gasteiger partial charge in [0.25, 0.3) is 0 Å². The highest BCUT2D eigenvalue weighted by Gasteiger charge is 2.23. The molecular weight excluding hydrogens is 194 g/mol. The van der Waals surface area contributed by atoms with Crippen LogP contribution in [0.4, 0.5) is 4.79 Å². The van der Waals surface area contributed by atoms with E-state index in [4.69, 9.17) is 4.55 Å². The molecule has 0 saturated heterocycles. The third-order valence-electron chi connectivity index (χ3n) is 2.16. The molecule has 0 radical (unpaired) electrons. The van der Waals surface area contributed by atoms with E-state index in [0.717, 1.165) is 32.1 Å². The average molecular weight is 207 g/mol. The van der Waals surface area contributed by atoms with Crippen molar-refractivity contribution in [1.29, 1.82) is 0 Å². The zero-order chi connectivity index (χ0) is 9.90. The molecule has 6 heteroatoms.